The lowest BCUT2D eigenvalue weighted by atomic mass is 9.83. The van der Waals surface area contributed by atoms with Crippen molar-refractivity contribution in [2.24, 2.45) is 0 Å². The Hall–Kier alpha value is -2.72. The van der Waals surface area contributed by atoms with E-state index in [0.717, 1.165) is 0 Å². The predicted octanol–water partition coefficient (Wildman–Crippen LogP) is 3.22. The summed E-state index contributed by atoms with van der Waals surface area (Å²) >= 11 is 0. The molecule has 0 amide bonds. The van der Waals surface area contributed by atoms with Crippen LogP contribution in [0, 0.1) is 0 Å². The van der Waals surface area contributed by atoms with E-state index in [2.05, 4.69) is 10.6 Å². The molecule has 2 N–H and O–H groups in total. The van der Waals surface area contributed by atoms with Crippen LogP contribution in [0.25, 0.3) is 0 Å². The third-order valence-electron chi connectivity index (χ3n) is 7.52. The van der Waals surface area contributed by atoms with Gasteiger partial charge in [-0.15, -0.1) is 0 Å². The van der Waals surface area contributed by atoms with Crippen molar-refractivity contribution in [1.82, 2.24) is 18.9 Å². The fourth-order valence-electron chi connectivity index (χ4n) is 5.72. The lowest BCUT2D eigenvalue weighted by Crippen LogP contribution is -2.51. The number of hydrogen-bond acceptors (Lipinski definition) is 6. The second kappa shape index (κ2) is 10.9. The zero-order valence-corrected chi connectivity index (χ0v) is 22.5. The summed E-state index contributed by atoms with van der Waals surface area (Å²) in [5.74, 6) is 0. The highest BCUT2D eigenvalue weighted by Crippen LogP contribution is 2.43. The standard InChI is InChI=1S/C27H40F2N6O2/c1-6-30-22-14-19(15-35(26(22)37)23-9-12-32(4)16-20(23)28)27(29)17-33(5)13-10-24(27)34-11-7-8-21(25(34)36)31-18(2)3/h7-8,11,14-15,18,20,23-24,30-31H,6,9-10,12-13,16-17H2,1-5H3/t20-,23+,24+,27?/m1/s1. The number of piperidine rings is 2. The second-order valence-corrected chi connectivity index (χ2v) is 10.9. The zero-order valence-electron chi connectivity index (χ0n) is 22.5. The number of anilines is 2. The van der Waals surface area contributed by atoms with Crippen molar-refractivity contribution in [2.75, 3.05) is 57.5 Å². The molecule has 0 spiro atoms. The van der Waals surface area contributed by atoms with Crippen molar-refractivity contribution < 1.29 is 8.78 Å². The van der Waals surface area contributed by atoms with E-state index in [1.54, 1.807) is 24.4 Å². The Morgan fingerprint density at radius 2 is 1.78 bits per heavy atom. The summed E-state index contributed by atoms with van der Waals surface area (Å²) in [6.07, 6.45) is 2.75. The van der Waals surface area contributed by atoms with Gasteiger partial charge in [-0.05, 0) is 65.9 Å². The molecule has 0 saturated carbocycles. The zero-order chi connectivity index (χ0) is 26.9. The molecule has 8 nitrogen and oxygen atoms in total. The van der Waals surface area contributed by atoms with Crippen molar-refractivity contribution in [1.29, 1.82) is 0 Å². The Morgan fingerprint density at radius 1 is 1.08 bits per heavy atom. The molecule has 2 aliphatic heterocycles. The number of halogens is 2. The average molecular weight is 519 g/mol. The number of nitrogens with zero attached hydrogens (tertiary/aromatic N) is 4. The highest BCUT2D eigenvalue weighted by atomic mass is 19.1. The molecule has 0 aliphatic carbocycles. The van der Waals surface area contributed by atoms with Gasteiger partial charge in [0, 0.05) is 56.7 Å². The van der Waals surface area contributed by atoms with E-state index < -0.39 is 23.9 Å². The van der Waals surface area contributed by atoms with Crippen molar-refractivity contribution >= 4 is 11.4 Å². The van der Waals surface area contributed by atoms with Crippen LogP contribution < -0.4 is 21.8 Å². The third-order valence-corrected chi connectivity index (χ3v) is 7.52. The Kier molecular flexibility index (Phi) is 8.08. The molecule has 10 heteroatoms. The number of nitrogens with one attached hydrogen (secondary N) is 2. The van der Waals surface area contributed by atoms with Gasteiger partial charge in [0.05, 0.1) is 12.1 Å². The molecule has 1 unspecified atom stereocenters. The third kappa shape index (κ3) is 5.45. The molecule has 2 saturated heterocycles. The van der Waals surface area contributed by atoms with Gasteiger partial charge in [0.25, 0.3) is 11.1 Å². The Balaban J connectivity index is 1.85. The average Bonchev–Trinajstić information content (AvgIpc) is 2.82. The van der Waals surface area contributed by atoms with Crippen LogP contribution >= 0.6 is 0 Å². The number of pyridine rings is 2. The maximum absolute atomic E-state index is 17.5. The number of rotatable bonds is 7. The Labute approximate surface area is 217 Å². The van der Waals surface area contributed by atoms with E-state index in [9.17, 15) is 9.59 Å². The normalized spacial score (nSPS) is 27.4. The molecule has 0 aromatic carbocycles. The largest absolute Gasteiger partial charge is 0.381 e. The maximum Gasteiger partial charge on any atom is 0.274 e. The number of hydrogen-bond donors (Lipinski definition) is 2. The van der Waals surface area contributed by atoms with Crippen LogP contribution in [0.5, 0.6) is 0 Å². The van der Waals surface area contributed by atoms with Gasteiger partial charge in [-0.25, -0.2) is 8.78 Å². The molecule has 0 radical (unpaired) electrons. The van der Waals surface area contributed by atoms with E-state index in [4.69, 9.17) is 0 Å². The highest BCUT2D eigenvalue weighted by Gasteiger charge is 2.47. The van der Waals surface area contributed by atoms with Crippen LogP contribution in [-0.2, 0) is 5.67 Å². The summed E-state index contributed by atoms with van der Waals surface area (Å²) in [5, 5.41) is 6.21. The van der Waals surface area contributed by atoms with Crippen molar-refractivity contribution in [3.63, 3.8) is 0 Å². The van der Waals surface area contributed by atoms with Gasteiger partial charge in [-0.3, -0.25) is 9.59 Å². The summed E-state index contributed by atoms with van der Waals surface area (Å²) in [7, 11) is 3.70. The lowest BCUT2D eigenvalue weighted by Gasteiger charge is -2.43. The molecule has 2 aromatic heterocycles. The Morgan fingerprint density at radius 3 is 2.46 bits per heavy atom. The predicted molar refractivity (Wildman–Crippen MR) is 144 cm³/mol. The maximum atomic E-state index is 17.5. The second-order valence-electron chi connectivity index (χ2n) is 10.9. The monoisotopic (exact) mass is 518 g/mol. The minimum atomic E-state index is -1.98. The van der Waals surface area contributed by atoms with Gasteiger partial charge in [-0.2, -0.15) is 0 Å². The van der Waals surface area contributed by atoms with Gasteiger partial charge in [0.15, 0.2) is 5.67 Å². The van der Waals surface area contributed by atoms with Crippen LogP contribution in [0.3, 0.4) is 0 Å². The molecule has 4 heterocycles. The van der Waals surface area contributed by atoms with Crippen molar-refractivity contribution in [3.05, 3.63) is 56.9 Å². The van der Waals surface area contributed by atoms with Gasteiger partial charge in [-0.1, -0.05) is 0 Å². The molecule has 204 valence electrons. The van der Waals surface area contributed by atoms with Crippen molar-refractivity contribution in [2.45, 2.75) is 63.6 Å². The van der Waals surface area contributed by atoms with E-state index in [0.29, 0.717) is 38.2 Å². The fourth-order valence-corrected chi connectivity index (χ4v) is 5.72. The first kappa shape index (κ1) is 27.3. The number of alkyl halides is 2. The molecule has 0 bridgehead atoms. The molecule has 4 rings (SSSR count). The first-order valence-corrected chi connectivity index (χ1v) is 13.2. The first-order valence-electron chi connectivity index (χ1n) is 13.2. The van der Waals surface area contributed by atoms with Crippen LogP contribution in [0.15, 0.2) is 40.2 Å². The summed E-state index contributed by atoms with van der Waals surface area (Å²) in [5.41, 5.74) is -1.68. The summed E-state index contributed by atoms with van der Waals surface area (Å²) in [6.45, 7) is 7.74. The number of likely N-dealkylation sites (N-methyl/N-ethyl adjacent to an activating group) is 1. The first-order chi connectivity index (χ1) is 17.5. The molecule has 2 aromatic rings. The number of aromatic nitrogens is 2. The lowest BCUT2D eigenvalue weighted by molar-refractivity contribution is 0.00111. The van der Waals surface area contributed by atoms with Crippen LogP contribution in [0.1, 0.15) is 51.3 Å². The van der Waals surface area contributed by atoms with Crippen LogP contribution in [0.2, 0.25) is 0 Å². The molecule has 37 heavy (non-hydrogen) atoms. The number of likely N-dealkylation sites (tertiary alicyclic amines) is 2. The topological polar surface area (TPSA) is 74.5 Å². The highest BCUT2D eigenvalue weighted by molar-refractivity contribution is 5.46. The van der Waals surface area contributed by atoms with Gasteiger partial charge in [0.2, 0.25) is 0 Å². The van der Waals surface area contributed by atoms with Crippen LogP contribution in [-0.4, -0.2) is 78.0 Å². The van der Waals surface area contributed by atoms with Gasteiger partial charge in [0.1, 0.15) is 17.5 Å². The SMILES string of the molecule is CCNc1cc(C2(F)CN(C)CC[C@@H]2n2cccc(NC(C)C)c2=O)cn([C@H]2CCN(C)C[C@H]2F)c1=O. The fraction of sp³-hybridized carbons (Fsp3) is 0.630. The van der Waals surface area contributed by atoms with E-state index in [-0.39, 0.29) is 41.5 Å². The van der Waals surface area contributed by atoms with Gasteiger partial charge >= 0.3 is 0 Å². The quantitative estimate of drug-likeness (QED) is 0.587. The van der Waals surface area contributed by atoms with E-state index in [1.807, 2.05) is 44.7 Å². The molecule has 2 aliphatic rings. The molecule has 4 atom stereocenters. The van der Waals surface area contributed by atoms with E-state index in [1.165, 1.54) is 15.3 Å². The minimum absolute atomic E-state index is 0.0438. The summed E-state index contributed by atoms with van der Waals surface area (Å²) < 4.78 is 35.5. The smallest absolute Gasteiger partial charge is 0.274 e. The van der Waals surface area contributed by atoms with Crippen molar-refractivity contribution in [3.8, 4) is 0 Å². The van der Waals surface area contributed by atoms with E-state index >= 15 is 8.78 Å². The minimum Gasteiger partial charge on any atom is -0.381 e. The van der Waals surface area contributed by atoms with Crippen LogP contribution in [0.4, 0.5) is 20.2 Å². The molecular formula is C27H40F2N6O2. The molecular weight excluding hydrogens is 478 g/mol. The Bertz CT molecular complexity index is 1210. The summed E-state index contributed by atoms with van der Waals surface area (Å²) in [6, 6.07) is 3.60. The molecule has 2 fully saturated rings. The van der Waals surface area contributed by atoms with Gasteiger partial charge < -0.3 is 29.6 Å². The summed E-state index contributed by atoms with van der Waals surface area (Å²) in [4.78, 5) is 30.6.